The highest BCUT2D eigenvalue weighted by Crippen LogP contribution is 2.25. The van der Waals surface area contributed by atoms with E-state index in [1.807, 2.05) is 6.07 Å². The van der Waals surface area contributed by atoms with E-state index in [0.717, 1.165) is 18.2 Å². The number of fused-ring (bicyclic) bond motifs is 1. The standard InChI is InChI=1S/C10H6Cl2N2O.C7H13NO2/c11-7-3-6-1-2-9(12)8(5-14-15)10(6)13-4-7;9-7(10)8-6-4-2-1-3-5-6/h1-5,15H;6,8H,1-5H2,(H,9,10). The number of pyridine rings is 1. The molecule has 1 aromatic heterocycles. The van der Waals surface area contributed by atoms with Crippen LogP contribution in [-0.2, 0) is 0 Å². The summed E-state index contributed by atoms with van der Waals surface area (Å²) < 4.78 is 0. The zero-order valence-corrected chi connectivity index (χ0v) is 15.0. The molecule has 1 saturated carbocycles. The SMILES string of the molecule is O=C(O)NC1CCCCC1.ON=Cc1c(Cl)ccc2cc(Cl)cnc12. The van der Waals surface area contributed by atoms with E-state index in [2.05, 4.69) is 15.5 Å². The van der Waals surface area contributed by atoms with Gasteiger partial charge in [-0.05, 0) is 25.0 Å². The largest absolute Gasteiger partial charge is 0.465 e. The molecule has 1 aliphatic rings. The molecule has 1 amide bonds. The first-order chi connectivity index (χ1) is 12.0. The van der Waals surface area contributed by atoms with Crippen LogP contribution in [0, 0.1) is 0 Å². The molecule has 6 nitrogen and oxygen atoms in total. The maximum absolute atomic E-state index is 10.2. The van der Waals surface area contributed by atoms with Crippen molar-refractivity contribution < 1.29 is 15.1 Å². The minimum Gasteiger partial charge on any atom is -0.465 e. The lowest BCUT2D eigenvalue weighted by Gasteiger charge is -2.20. The van der Waals surface area contributed by atoms with Crippen molar-refractivity contribution in [3.63, 3.8) is 0 Å². The first kappa shape index (κ1) is 19.3. The van der Waals surface area contributed by atoms with E-state index in [4.69, 9.17) is 33.5 Å². The highest BCUT2D eigenvalue weighted by molar-refractivity contribution is 6.35. The fourth-order valence-electron chi connectivity index (χ4n) is 2.77. The number of nitrogens with one attached hydrogen (secondary N) is 1. The van der Waals surface area contributed by atoms with Crippen LogP contribution in [0.25, 0.3) is 10.9 Å². The number of carbonyl (C=O) groups is 1. The topological polar surface area (TPSA) is 94.8 Å². The molecule has 0 aliphatic heterocycles. The Labute approximate surface area is 155 Å². The molecule has 0 saturated heterocycles. The van der Waals surface area contributed by atoms with Gasteiger partial charge in [-0.3, -0.25) is 4.98 Å². The molecule has 134 valence electrons. The Balaban J connectivity index is 0.000000196. The van der Waals surface area contributed by atoms with Crippen LogP contribution in [0.15, 0.2) is 29.6 Å². The molecule has 1 aromatic carbocycles. The molecule has 8 heteroatoms. The predicted molar refractivity (Wildman–Crippen MR) is 99.2 cm³/mol. The van der Waals surface area contributed by atoms with E-state index in [-0.39, 0.29) is 6.04 Å². The lowest BCUT2D eigenvalue weighted by Crippen LogP contribution is -2.34. The summed E-state index contributed by atoms with van der Waals surface area (Å²) in [5.74, 6) is 0. The fraction of sp³-hybridized carbons (Fsp3) is 0.353. The summed E-state index contributed by atoms with van der Waals surface area (Å²) >= 11 is 11.8. The molecule has 1 fully saturated rings. The second-order valence-electron chi connectivity index (χ2n) is 5.72. The fourth-order valence-corrected chi connectivity index (χ4v) is 3.14. The summed E-state index contributed by atoms with van der Waals surface area (Å²) in [5.41, 5.74) is 1.23. The molecule has 25 heavy (non-hydrogen) atoms. The lowest BCUT2D eigenvalue weighted by molar-refractivity contribution is 0.186. The molecular weight excluding hydrogens is 365 g/mol. The number of rotatable bonds is 2. The van der Waals surface area contributed by atoms with E-state index in [9.17, 15) is 4.79 Å². The van der Waals surface area contributed by atoms with Crippen molar-refractivity contribution in [2.45, 2.75) is 38.1 Å². The van der Waals surface area contributed by atoms with Crippen LogP contribution in [0.3, 0.4) is 0 Å². The number of oxime groups is 1. The minimum absolute atomic E-state index is 0.228. The van der Waals surface area contributed by atoms with Gasteiger partial charge in [0, 0.05) is 23.2 Å². The molecule has 1 aliphatic carbocycles. The Morgan fingerprint density at radius 2 is 2.00 bits per heavy atom. The van der Waals surface area contributed by atoms with Crippen molar-refractivity contribution in [2.75, 3.05) is 0 Å². The number of hydrogen-bond acceptors (Lipinski definition) is 4. The van der Waals surface area contributed by atoms with E-state index in [0.29, 0.717) is 21.1 Å². The molecule has 2 aromatic rings. The first-order valence-corrected chi connectivity index (χ1v) is 8.67. The third-order valence-corrected chi connectivity index (χ3v) is 4.46. The van der Waals surface area contributed by atoms with E-state index in [1.165, 1.54) is 31.7 Å². The van der Waals surface area contributed by atoms with Gasteiger partial charge in [-0.2, -0.15) is 0 Å². The highest BCUT2D eigenvalue weighted by Gasteiger charge is 2.14. The van der Waals surface area contributed by atoms with Crippen LogP contribution in [0.5, 0.6) is 0 Å². The highest BCUT2D eigenvalue weighted by atomic mass is 35.5. The minimum atomic E-state index is -0.882. The zero-order valence-electron chi connectivity index (χ0n) is 13.5. The molecule has 0 unspecified atom stereocenters. The summed E-state index contributed by atoms with van der Waals surface area (Å²) in [6.07, 6.45) is 7.54. The third kappa shape index (κ3) is 5.76. The van der Waals surface area contributed by atoms with Crippen molar-refractivity contribution >= 4 is 46.4 Å². The summed E-state index contributed by atoms with van der Waals surface area (Å²) in [5, 5.41) is 24.2. The Morgan fingerprint density at radius 3 is 2.64 bits per heavy atom. The summed E-state index contributed by atoms with van der Waals surface area (Å²) in [7, 11) is 0. The van der Waals surface area contributed by atoms with Gasteiger partial charge >= 0.3 is 6.09 Å². The number of halogens is 2. The van der Waals surface area contributed by atoms with E-state index < -0.39 is 6.09 Å². The normalized spacial score (nSPS) is 15.0. The van der Waals surface area contributed by atoms with Crippen molar-refractivity contribution in [3.8, 4) is 0 Å². The Hall–Kier alpha value is -2.05. The molecular formula is C17H19Cl2N3O3. The molecule has 0 radical (unpaired) electrons. The lowest BCUT2D eigenvalue weighted by atomic mass is 9.96. The van der Waals surface area contributed by atoms with Gasteiger partial charge in [0.25, 0.3) is 0 Å². The molecule has 3 N–H and O–H groups in total. The molecule has 3 rings (SSSR count). The smallest absolute Gasteiger partial charge is 0.404 e. The maximum Gasteiger partial charge on any atom is 0.404 e. The van der Waals surface area contributed by atoms with Crippen LogP contribution in [0.1, 0.15) is 37.7 Å². The van der Waals surface area contributed by atoms with E-state index in [1.54, 1.807) is 12.1 Å². The average molecular weight is 384 g/mol. The number of carboxylic acid groups (broad SMARTS) is 1. The second-order valence-corrected chi connectivity index (χ2v) is 6.56. The summed E-state index contributed by atoms with van der Waals surface area (Å²) in [6, 6.07) is 5.52. The van der Waals surface area contributed by atoms with Gasteiger partial charge in [0.2, 0.25) is 0 Å². The van der Waals surface area contributed by atoms with Gasteiger partial charge in [0.05, 0.1) is 21.8 Å². The zero-order chi connectivity index (χ0) is 18.2. The van der Waals surface area contributed by atoms with Gasteiger partial charge in [0.1, 0.15) is 0 Å². The van der Waals surface area contributed by atoms with Crippen molar-refractivity contribution in [1.29, 1.82) is 0 Å². The second kappa shape index (κ2) is 9.44. The van der Waals surface area contributed by atoms with Gasteiger partial charge in [0.15, 0.2) is 0 Å². The average Bonchev–Trinajstić information content (AvgIpc) is 2.58. The van der Waals surface area contributed by atoms with Crippen LogP contribution in [0.2, 0.25) is 10.0 Å². The molecule has 0 spiro atoms. The number of hydrogen-bond donors (Lipinski definition) is 3. The number of amides is 1. The monoisotopic (exact) mass is 383 g/mol. The van der Waals surface area contributed by atoms with Crippen LogP contribution in [-0.4, -0.2) is 33.6 Å². The molecule has 1 heterocycles. The van der Waals surface area contributed by atoms with Gasteiger partial charge in [-0.15, -0.1) is 0 Å². The maximum atomic E-state index is 10.2. The van der Waals surface area contributed by atoms with Crippen LogP contribution >= 0.6 is 23.2 Å². The number of aromatic nitrogens is 1. The number of nitrogens with zero attached hydrogens (tertiary/aromatic N) is 2. The van der Waals surface area contributed by atoms with Crippen LogP contribution < -0.4 is 5.32 Å². The summed E-state index contributed by atoms with van der Waals surface area (Å²) in [4.78, 5) is 14.3. The third-order valence-electron chi connectivity index (χ3n) is 3.93. The quantitative estimate of drug-likeness (QED) is 0.388. The Morgan fingerprint density at radius 1 is 1.28 bits per heavy atom. The van der Waals surface area contributed by atoms with Gasteiger partial charge < -0.3 is 15.6 Å². The Kier molecular flexibility index (Phi) is 7.28. The predicted octanol–water partition coefficient (Wildman–Crippen LogP) is 4.94. The molecule has 0 bridgehead atoms. The van der Waals surface area contributed by atoms with Crippen molar-refractivity contribution in [1.82, 2.24) is 10.3 Å². The number of benzene rings is 1. The van der Waals surface area contributed by atoms with E-state index >= 15 is 0 Å². The first-order valence-electron chi connectivity index (χ1n) is 7.92. The van der Waals surface area contributed by atoms with Crippen molar-refractivity contribution in [3.05, 3.63) is 40.0 Å². The van der Waals surface area contributed by atoms with Gasteiger partial charge in [-0.25, -0.2) is 4.79 Å². The van der Waals surface area contributed by atoms with Crippen molar-refractivity contribution in [2.24, 2.45) is 5.16 Å². The summed E-state index contributed by atoms with van der Waals surface area (Å²) in [6.45, 7) is 0. The van der Waals surface area contributed by atoms with Gasteiger partial charge in [-0.1, -0.05) is 53.7 Å². The van der Waals surface area contributed by atoms with Crippen LogP contribution in [0.4, 0.5) is 4.79 Å². The molecule has 0 atom stereocenters. The Bertz CT molecular complexity index is 762.